The van der Waals surface area contributed by atoms with Gasteiger partial charge in [-0.15, -0.1) is 0 Å². The van der Waals surface area contributed by atoms with E-state index in [0.717, 1.165) is 0 Å². The van der Waals surface area contributed by atoms with Gasteiger partial charge in [0.1, 0.15) is 5.75 Å². The largest absolute Gasteiger partial charge is 0.503 e. The Morgan fingerprint density at radius 1 is 1.15 bits per heavy atom. The van der Waals surface area contributed by atoms with E-state index in [4.69, 9.17) is 4.74 Å². The van der Waals surface area contributed by atoms with Crippen LogP contribution in [0.25, 0.3) is 0 Å². The molecule has 0 fully saturated rings. The second-order valence-corrected chi connectivity index (χ2v) is 6.70. The van der Waals surface area contributed by atoms with Crippen LogP contribution in [0.2, 0.25) is 0 Å². The van der Waals surface area contributed by atoms with Crippen molar-refractivity contribution in [1.29, 1.82) is 0 Å². The molecule has 1 heterocycles. The molecule has 1 unspecified atom stereocenters. The van der Waals surface area contributed by atoms with E-state index < -0.39 is 17.7 Å². The zero-order chi connectivity index (χ0) is 19.6. The van der Waals surface area contributed by atoms with Crippen LogP contribution in [0, 0.1) is 5.92 Å². The zero-order valence-corrected chi connectivity index (χ0v) is 15.7. The number of ketones is 1. The number of aliphatic hydroxyl groups excluding tert-OH is 1. The lowest BCUT2D eigenvalue weighted by molar-refractivity contribution is -0.119. The fourth-order valence-electron chi connectivity index (χ4n) is 3.28. The van der Waals surface area contributed by atoms with Crippen molar-refractivity contribution in [2.24, 2.45) is 5.92 Å². The summed E-state index contributed by atoms with van der Waals surface area (Å²) in [4.78, 5) is 27.2. The molecule has 1 aliphatic rings. The van der Waals surface area contributed by atoms with E-state index in [1.807, 2.05) is 49.4 Å². The standard InChI is InChI=1S/C22H23NO4/c1-4-27-17-12-8-9-15(13-17)19-18(20(24)14(2)3)21(25)22(26)23(19)16-10-6-5-7-11-16/h5-14,19,25H,4H2,1-3H3. The first-order valence-electron chi connectivity index (χ1n) is 9.04. The van der Waals surface area contributed by atoms with Crippen molar-refractivity contribution in [3.8, 4) is 5.75 Å². The molecule has 0 saturated carbocycles. The van der Waals surface area contributed by atoms with Gasteiger partial charge in [0.25, 0.3) is 5.91 Å². The predicted octanol–water partition coefficient (Wildman–Crippen LogP) is 4.21. The quantitative estimate of drug-likeness (QED) is 0.833. The molecule has 5 nitrogen and oxygen atoms in total. The number of ether oxygens (including phenoxy) is 1. The van der Waals surface area contributed by atoms with Gasteiger partial charge < -0.3 is 9.84 Å². The van der Waals surface area contributed by atoms with Gasteiger partial charge in [-0.3, -0.25) is 14.5 Å². The summed E-state index contributed by atoms with van der Waals surface area (Å²) in [7, 11) is 0. The Bertz CT molecular complexity index is 886. The number of para-hydroxylation sites is 1. The number of hydrogen-bond acceptors (Lipinski definition) is 4. The molecule has 0 spiro atoms. The van der Waals surface area contributed by atoms with E-state index in [2.05, 4.69) is 0 Å². The van der Waals surface area contributed by atoms with Gasteiger partial charge in [-0.2, -0.15) is 0 Å². The maximum absolute atomic E-state index is 12.9. The highest BCUT2D eigenvalue weighted by Crippen LogP contribution is 2.42. The fourth-order valence-corrected chi connectivity index (χ4v) is 3.28. The van der Waals surface area contributed by atoms with Crippen molar-refractivity contribution in [2.75, 3.05) is 11.5 Å². The molecule has 0 aliphatic carbocycles. The minimum absolute atomic E-state index is 0.132. The van der Waals surface area contributed by atoms with Gasteiger partial charge in [0.05, 0.1) is 18.2 Å². The van der Waals surface area contributed by atoms with Gasteiger partial charge in [0.2, 0.25) is 0 Å². The van der Waals surface area contributed by atoms with E-state index in [9.17, 15) is 14.7 Å². The second-order valence-electron chi connectivity index (χ2n) is 6.70. The minimum atomic E-state index is -0.699. The average molecular weight is 365 g/mol. The van der Waals surface area contributed by atoms with Crippen LogP contribution < -0.4 is 9.64 Å². The van der Waals surface area contributed by atoms with Gasteiger partial charge in [-0.05, 0) is 36.8 Å². The third-order valence-electron chi connectivity index (χ3n) is 4.52. The maximum atomic E-state index is 12.9. The minimum Gasteiger partial charge on any atom is -0.503 e. The monoisotopic (exact) mass is 365 g/mol. The number of nitrogens with zero attached hydrogens (tertiary/aromatic N) is 1. The Kier molecular flexibility index (Phi) is 5.31. The molecule has 3 rings (SSSR count). The number of aliphatic hydroxyl groups is 1. The fraction of sp³-hybridized carbons (Fsp3) is 0.273. The Balaban J connectivity index is 2.17. The topological polar surface area (TPSA) is 66.8 Å². The molecule has 27 heavy (non-hydrogen) atoms. The van der Waals surface area contributed by atoms with Crippen LogP contribution >= 0.6 is 0 Å². The normalized spacial score (nSPS) is 17.0. The summed E-state index contributed by atoms with van der Waals surface area (Å²) in [5.41, 5.74) is 1.46. The summed E-state index contributed by atoms with van der Waals surface area (Å²) in [6, 6.07) is 15.6. The van der Waals surface area contributed by atoms with Crippen LogP contribution in [0.4, 0.5) is 5.69 Å². The Labute approximate surface area is 158 Å². The first-order valence-corrected chi connectivity index (χ1v) is 9.04. The number of amides is 1. The van der Waals surface area contributed by atoms with Gasteiger partial charge in [-0.25, -0.2) is 0 Å². The van der Waals surface area contributed by atoms with Gasteiger partial charge >= 0.3 is 0 Å². The molecule has 0 aromatic heterocycles. The highest BCUT2D eigenvalue weighted by Gasteiger charge is 2.44. The van der Waals surface area contributed by atoms with Crippen molar-refractivity contribution in [1.82, 2.24) is 0 Å². The molecular formula is C22H23NO4. The average Bonchev–Trinajstić information content (AvgIpc) is 2.93. The Morgan fingerprint density at radius 2 is 1.85 bits per heavy atom. The van der Waals surface area contributed by atoms with Gasteiger partial charge in [-0.1, -0.05) is 44.2 Å². The van der Waals surface area contributed by atoms with Crippen LogP contribution in [-0.2, 0) is 9.59 Å². The van der Waals surface area contributed by atoms with Gasteiger partial charge in [0.15, 0.2) is 11.5 Å². The van der Waals surface area contributed by atoms with Crippen LogP contribution in [0.1, 0.15) is 32.4 Å². The molecule has 5 heteroatoms. The third kappa shape index (κ3) is 3.45. The van der Waals surface area contributed by atoms with E-state index in [1.54, 1.807) is 26.0 Å². The highest BCUT2D eigenvalue weighted by molar-refractivity contribution is 6.16. The van der Waals surface area contributed by atoms with Crippen LogP contribution in [0.3, 0.4) is 0 Å². The first-order chi connectivity index (χ1) is 13.0. The number of hydrogen-bond donors (Lipinski definition) is 1. The van der Waals surface area contributed by atoms with Crippen molar-refractivity contribution >= 4 is 17.4 Å². The number of Topliss-reactive ketones (excluding diaryl/α,β-unsaturated/α-hetero) is 1. The zero-order valence-electron chi connectivity index (χ0n) is 15.7. The first kappa shape index (κ1) is 18.7. The number of carbonyl (C=O) groups excluding carboxylic acids is 2. The lowest BCUT2D eigenvalue weighted by Gasteiger charge is -2.27. The molecule has 1 aliphatic heterocycles. The summed E-state index contributed by atoms with van der Waals surface area (Å²) < 4.78 is 5.58. The molecule has 0 saturated heterocycles. The lowest BCUT2D eigenvalue weighted by atomic mass is 9.91. The number of rotatable bonds is 6. The maximum Gasteiger partial charge on any atom is 0.294 e. The predicted molar refractivity (Wildman–Crippen MR) is 104 cm³/mol. The van der Waals surface area contributed by atoms with Crippen molar-refractivity contribution in [3.63, 3.8) is 0 Å². The van der Waals surface area contributed by atoms with Gasteiger partial charge in [0, 0.05) is 11.6 Å². The Hall–Kier alpha value is -3.08. The Morgan fingerprint density at radius 3 is 2.48 bits per heavy atom. The number of carbonyl (C=O) groups is 2. The van der Waals surface area contributed by atoms with Crippen LogP contribution in [0.5, 0.6) is 5.75 Å². The van der Waals surface area contributed by atoms with Crippen LogP contribution in [0.15, 0.2) is 65.9 Å². The van der Waals surface area contributed by atoms with Crippen molar-refractivity contribution in [3.05, 3.63) is 71.5 Å². The SMILES string of the molecule is CCOc1cccc(C2C(C(=O)C(C)C)=C(O)C(=O)N2c2ccccc2)c1. The summed E-state index contributed by atoms with van der Waals surface area (Å²) >= 11 is 0. The summed E-state index contributed by atoms with van der Waals surface area (Å²) in [6.45, 7) is 5.91. The molecule has 2 aromatic rings. The lowest BCUT2D eigenvalue weighted by Crippen LogP contribution is -2.31. The summed E-state index contributed by atoms with van der Waals surface area (Å²) in [6.07, 6.45) is 0. The third-order valence-corrected chi connectivity index (χ3v) is 4.52. The van der Waals surface area contributed by atoms with E-state index in [-0.39, 0.29) is 17.3 Å². The molecule has 1 amide bonds. The molecule has 1 atom stereocenters. The second kappa shape index (κ2) is 7.66. The van der Waals surface area contributed by atoms with E-state index >= 15 is 0 Å². The van der Waals surface area contributed by atoms with Crippen LogP contribution in [-0.4, -0.2) is 23.4 Å². The molecule has 140 valence electrons. The molecule has 0 bridgehead atoms. The van der Waals surface area contributed by atoms with Crippen molar-refractivity contribution < 1.29 is 19.4 Å². The molecule has 2 aromatic carbocycles. The summed E-state index contributed by atoms with van der Waals surface area (Å²) in [5.74, 6) is -0.992. The van der Waals surface area contributed by atoms with E-state index in [0.29, 0.717) is 23.6 Å². The smallest absolute Gasteiger partial charge is 0.294 e. The molecule has 1 N–H and O–H groups in total. The number of benzene rings is 2. The summed E-state index contributed by atoms with van der Waals surface area (Å²) in [5, 5.41) is 10.5. The number of anilines is 1. The highest BCUT2D eigenvalue weighted by atomic mass is 16.5. The molecule has 0 radical (unpaired) electrons. The molecular weight excluding hydrogens is 342 g/mol. The van der Waals surface area contributed by atoms with Crippen molar-refractivity contribution in [2.45, 2.75) is 26.8 Å². The van der Waals surface area contributed by atoms with E-state index in [1.165, 1.54) is 4.90 Å².